The summed E-state index contributed by atoms with van der Waals surface area (Å²) >= 11 is 0. The first kappa shape index (κ1) is 20.2. The number of nitrogens with two attached hydrogens (primary N) is 1. The lowest BCUT2D eigenvalue weighted by Gasteiger charge is -2.20. The molecule has 3 amide bonds. The number of hydrogen-bond donors (Lipinski definition) is 2. The summed E-state index contributed by atoms with van der Waals surface area (Å²) in [6.07, 6.45) is -0.0855. The average molecular weight is 403 g/mol. The molecule has 1 saturated heterocycles. The Hall–Kier alpha value is -3.49. The zero-order valence-electron chi connectivity index (χ0n) is 15.6. The third-order valence-corrected chi connectivity index (χ3v) is 4.53. The predicted molar refractivity (Wildman–Crippen MR) is 102 cm³/mol. The summed E-state index contributed by atoms with van der Waals surface area (Å²) < 4.78 is 33.1. The Morgan fingerprint density at radius 3 is 2.66 bits per heavy atom. The Kier molecular flexibility index (Phi) is 5.76. The van der Waals surface area contributed by atoms with Crippen molar-refractivity contribution in [3.63, 3.8) is 0 Å². The molecule has 9 heteroatoms. The topological polar surface area (TPSA) is 102 Å². The Morgan fingerprint density at radius 1 is 1.24 bits per heavy atom. The van der Waals surface area contributed by atoms with Crippen molar-refractivity contribution in [2.24, 2.45) is 11.7 Å². The Labute approximate surface area is 165 Å². The van der Waals surface area contributed by atoms with Crippen LogP contribution in [0.5, 0.6) is 5.75 Å². The van der Waals surface area contributed by atoms with Gasteiger partial charge in [0.25, 0.3) is 5.91 Å². The lowest BCUT2D eigenvalue weighted by molar-refractivity contribution is -0.122. The van der Waals surface area contributed by atoms with Gasteiger partial charge in [-0.2, -0.15) is 0 Å². The van der Waals surface area contributed by atoms with Gasteiger partial charge in [0.1, 0.15) is 17.4 Å². The second-order valence-corrected chi connectivity index (χ2v) is 6.47. The molecule has 0 aromatic heterocycles. The van der Waals surface area contributed by atoms with E-state index in [0.29, 0.717) is 24.1 Å². The summed E-state index contributed by atoms with van der Waals surface area (Å²) in [6, 6.07) is 8.26. The summed E-state index contributed by atoms with van der Waals surface area (Å²) in [5.74, 6) is -4.43. The molecule has 1 unspecified atom stereocenters. The van der Waals surface area contributed by atoms with Gasteiger partial charge in [-0.15, -0.1) is 0 Å². The smallest absolute Gasteiger partial charge is 0.251 e. The molecule has 3 rings (SSSR count). The fraction of sp³-hybridized carbons (Fsp3) is 0.250. The van der Waals surface area contributed by atoms with Crippen molar-refractivity contribution in [1.82, 2.24) is 0 Å². The van der Waals surface area contributed by atoms with E-state index >= 15 is 0 Å². The van der Waals surface area contributed by atoms with Crippen LogP contribution in [0.3, 0.4) is 0 Å². The van der Waals surface area contributed by atoms with Crippen molar-refractivity contribution in [1.29, 1.82) is 0 Å². The van der Waals surface area contributed by atoms with E-state index in [-0.39, 0.29) is 24.6 Å². The second kappa shape index (κ2) is 8.26. The zero-order chi connectivity index (χ0) is 21.1. The second-order valence-electron chi connectivity index (χ2n) is 6.47. The van der Waals surface area contributed by atoms with Gasteiger partial charge in [0.05, 0.1) is 29.5 Å². The number of hydrogen-bond acceptors (Lipinski definition) is 4. The first-order chi connectivity index (χ1) is 13.8. The SMILES string of the molecule is CCOc1ccccc1N1CC(C(=O)Nc2cc(C(N)=O)c(F)cc2F)CC1=O. The number of carbonyl (C=O) groups is 3. The number of carbonyl (C=O) groups excluding carboxylic acids is 3. The van der Waals surface area contributed by atoms with Crippen molar-refractivity contribution < 1.29 is 27.9 Å². The third-order valence-electron chi connectivity index (χ3n) is 4.53. The van der Waals surface area contributed by atoms with Crippen LogP contribution in [-0.4, -0.2) is 30.9 Å². The quantitative estimate of drug-likeness (QED) is 0.774. The lowest BCUT2D eigenvalue weighted by Crippen LogP contribution is -2.28. The van der Waals surface area contributed by atoms with Gasteiger partial charge in [-0.3, -0.25) is 14.4 Å². The Bertz CT molecular complexity index is 980. The third kappa shape index (κ3) is 4.18. The molecule has 2 aromatic rings. The van der Waals surface area contributed by atoms with Crippen LogP contribution in [-0.2, 0) is 9.59 Å². The minimum atomic E-state index is -1.12. The molecule has 1 heterocycles. The van der Waals surface area contributed by atoms with Gasteiger partial charge >= 0.3 is 0 Å². The first-order valence-electron chi connectivity index (χ1n) is 8.93. The number of nitrogens with one attached hydrogen (secondary N) is 1. The molecule has 0 saturated carbocycles. The largest absolute Gasteiger partial charge is 0.492 e. The highest BCUT2D eigenvalue weighted by molar-refractivity contribution is 6.04. The van der Waals surface area contributed by atoms with Crippen molar-refractivity contribution in [2.45, 2.75) is 13.3 Å². The molecule has 0 bridgehead atoms. The van der Waals surface area contributed by atoms with Gasteiger partial charge in [-0.05, 0) is 25.1 Å². The maximum absolute atomic E-state index is 14.0. The maximum atomic E-state index is 14.0. The summed E-state index contributed by atoms with van der Waals surface area (Å²) in [5, 5.41) is 2.31. The van der Waals surface area contributed by atoms with E-state index < -0.39 is 34.9 Å². The van der Waals surface area contributed by atoms with E-state index in [0.717, 1.165) is 6.07 Å². The van der Waals surface area contributed by atoms with E-state index in [1.165, 1.54) is 4.90 Å². The molecule has 2 aromatic carbocycles. The van der Waals surface area contributed by atoms with Crippen LogP contribution in [0.25, 0.3) is 0 Å². The average Bonchev–Trinajstić information content (AvgIpc) is 3.06. The fourth-order valence-corrected chi connectivity index (χ4v) is 3.14. The first-order valence-corrected chi connectivity index (χ1v) is 8.93. The van der Waals surface area contributed by atoms with Gasteiger partial charge in [-0.25, -0.2) is 8.78 Å². The molecular formula is C20H19F2N3O4. The molecular weight excluding hydrogens is 384 g/mol. The normalized spacial score (nSPS) is 16.0. The molecule has 3 N–H and O–H groups in total. The van der Waals surface area contributed by atoms with E-state index in [1.807, 2.05) is 6.92 Å². The van der Waals surface area contributed by atoms with Gasteiger partial charge in [0.2, 0.25) is 11.8 Å². The number of primary amides is 1. The molecule has 7 nitrogen and oxygen atoms in total. The van der Waals surface area contributed by atoms with Crippen LogP contribution < -0.4 is 20.7 Å². The number of para-hydroxylation sites is 2. The molecule has 1 atom stereocenters. The van der Waals surface area contributed by atoms with Crippen molar-refractivity contribution in [2.75, 3.05) is 23.4 Å². The molecule has 1 aliphatic rings. The zero-order valence-corrected chi connectivity index (χ0v) is 15.6. The molecule has 1 aliphatic heterocycles. The van der Waals surface area contributed by atoms with E-state index in [4.69, 9.17) is 10.5 Å². The highest BCUT2D eigenvalue weighted by atomic mass is 19.1. The van der Waals surface area contributed by atoms with Crippen molar-refractivity contribution in [3.05, 3.63) is 53.6 Å². The van der Waals surface area contributed by atoms with Crippen molar-refractivity contribution >= 4 is 29.1 Å². The monoisotopic (exact) mass is 403 g/mol. The van der Waals surface area contributed by atoms with Gasteiger partial charge in [-0.1, -0.05) is 12.1 Å². The van der Waals surface area contributed by atoms with Gasteiger partial charge < -0.3 is 20.7 Å². The number of nitrogens with zero attached hydrogens (tertiary/aromatic N) is 1. The minimum absolute atomic E-state index is 0.0697. The van der Waals surface area contributed by atoms with Crippen LogP contribution in [0.1, 0.15) is 23.7 Å². The number of rotatable bonds is 6. The molecule has 0 aliphatic carbocycles. The molecule has 0 spiro atoms. The number of anilines is 2. The molecule has 0 radical (unpaired) electrons. The number of halogens is 2. The molecule has 1 fully saturated rings. The standard InChI is InChI=1S/C20H19F2N3O4/c1-2-29-17-6-4-3-5-16(17)25-10-11(7-18(25)26)20(28)24-15-8-12(19(23)27)13(21)9-14(15)22/h3-6,8-9,11H,2,7,10H2,1H3,(H2,23,27)(H,24,28). The maximum Gasteiger partial charge on any atom is 0.251 e. The number of benzene rings is 2. The number of amides is 3. The van der Waals surface area contributed by atoms with Crippen LogP contribution in [0.2, 0.25) is 0 Å². The summed E-state index contributed by atoms with van der Waals surface area (Å²) in [6.45, 7) is 2.30. The van der Waals surface area contributed by atoms with Gasteiger partial charge in [0.15, 0.2) is 0 Å². The Balaban J connectivity index is 1.78. The highest BCUT2D eigenvalue weighted by Crippen LogP contribution is 2.33. The summed E-state index contributed by atoms with van der Waals surface area (Å²) in [7, 11) is 0. The highest BCUT2D eigenvalue weighted by Gasteiger charge is 2.36. The minimum Gasteiger partial charge on any atom is -0.492 e. The number of ether oxygens (including phenoxy) is 1. The van der Waals surface area contributed by atoms with Gasteiger partial charge in [0, 0.05) is 19.0 Å². The van der Waals surface area contributed by atoms with E-state index in [1.54, 1.807) is 24.3 Å². The summed E-state index contributed by atoms with van der Waals surface area (Å²) in [4.78, 5) is 37.7. The fourth-order valence-electron chi connectivity index (χ4n) is 3.14. The Morgan fingerprint density at radius 2 is 1.97 bits per heavy atom. The van der Waals surface area contributed by atoms with Crippen molar-refractivity contribution in [3.8, 4) is 5.75 Å². The molecule has 29 heavy (non-hydrogen) atoms. The lowest BCUT2D eigenvalue weighted by atomic mass is 10.1. The van der Waals surface area contributed by atoms with Crippen LogP contribution >= 0.6 is 0 Å². The van der Waals surface area contributed by atoms with Crippen LogP contribution in [0.15, 0.2) is 36.4 Å². The summed E-state index contributed by atoms with van der Waals surface area (Å²) in [5.41, 5.74) is 4.66. The predicted octanol–water partition coefficient (Wildman–Crippen LogP) is 2.45. The van der Waals surface area contributed by atoms with Crippen LogP contribution in [0.4, 0.5) is 20.2 Å². The van der Waals surface area contributed by atoms with Crippen LogP contribution in [0, 0.1) is 17.6 Å². The van der Waals surface area contributed by atoms with E-state index in [9.17, 15) is 23.2 Å². The molecule has 152 valence electrons. The van der Waals surface area contributed by atoms with E-state index in [2.05, 4.69) is 5.32 Å².